The highest BCUT2D eigenvalue weighted by atomic mass is 32.2. The van der Waals surface area contributed by atoms with Crippen LogP contribution >= 0.6 is 0 Å². The number of sulfonamides is 1. The van der Waals surface area contributed by atoms with E-state index < -0.39 is 336 Å². The normalized spacial score (nSPS) is 44.5. The van der Waals surface area contributed by atoms with Gasteiger partial charge in [-0.1, -0.05) is 42.0 Å². The molecular formula is C69H100N2O45S2. The Morgan fingerprint density at radius 3 is 0.898 bits per heavy atom. The summed E-state index contributed by atoms with van der Waals surface area (Å²) in [5.41, 5.74) is 1.26. The Labute approximate surface area is 670 Å². The molecule has 0 aliphatic carbocycles. The third-order valence-corrected chi connectivity index (χ3v) is 24.4. The summed E-state index contributed by atoms with van der Waals surface area (Å²) in [6, 6.07) is 14.4. The van der Waals surface area contributed by atoms with Crippen molar-refractivity contribution in [2.45, 2.75) is 262 Å². The molecule has 0 spiro atoms. The summed E-state index contributed by atoms with van der Waals surface area (Å²) in [5.74, 6) is -1.35. The highest BCUT2D eigenvalue weighted by Crippen LogP contribution is 2.41. The average Bonchev–Trinajstić information content (AvgIpc) is 0.767. The van der Waals surface area contributed by atoms with E-state index in [1.807, 2.05) is 0 Å². The number of hydrogen-bond donors (Lipinski definition) is 23. The van der Waals surface area contributed by atoms with Crippen molar-refractivity contribution in [2.75, 3.05) is 78.4 Å². The third-order valence-electron chi connectivity index (χ3n) is 21.7. The molecule has 30 heterocycles. The Morgan fingerprint density at radius 1 is 0.347 bits per heavy atom. The van der Waals surface area contributed by atoms with Gasteiger partial charge in [0, 0.05) is 30.6 Å². The number of aliphatic hydroxyl groups excluding tert-OH is 22. The second-order valence-electron chi connectivity index (χ2n) is 29.7. The average molecular weight is 1740 g/mol. The molecule has 0 radical (unpaired) electrons. The van der Waals surface area contributed by atoms with Gasteiger partial charge in [0.05, 0.1) is 56.0 Å². The van der Waals surface area contributed by atoms with Crippen LogP contribution in [-0.4, -0.2) is 454 Å². The lowest BCUT2D eigenvalue weighted by Gasteiger charge is -2.50. The Hall–Kier alpha value is -4.51. The minimum Gasteiger partial charge on any atom is -0.462 e. The highest BCUT2D eigenvalue weighted by Gasteiger charge is 2.61. The molecule has 3 aromatic carbocycles. The van der Waals surface area contributed by atoms with Crippen molar-refractivity contribution in [3.8, 4) is 0 Å². The summed E-state index contributed by atoms with van der Waals surface area (Å²) in [6.45, 7) is -8.88. The molecule has 118 heavy (non-hydrogen) atoms. The van der Waals surface area contributed by atoms with Crippen molar-refractivity contribution in [3.63, 3.8) is 0 Å². The van der Waals surface area contributed by atoms with E-state index in [1.54, 1.807) is 44.1 Å². The van der Waals surface area contributed by atoms with Crippen LogP contribution in [0, 0.1) is 6.92 Å². The number of fused-ring (bicyclic) bond motifs is 1. The van der Waals surface area contributed by atoms with Gasteiger partial charge in [0.25, 0.3) is 10.1 Å². The summed E-state index contributed by atoms with van der Waals surface area (Å²) in [4.78, 5) is 14.8. The first-order valence-corrected chi connectivity index (χ1v) is 40.2. The van der Waals surface area contributed by atoms with Gasteiger partial charge in [0.1, 0.15) is 208 Å². The number of esters is 1. The molecule has 30 aliphatic rings. The molecule has 30 fully saturated rings. The molecule has 33 rings (SSSR count). The van der Waals surface area contributed by atoms with Crippen LogP contribution in [0.15, 0.2) is 70.5 Å². The van der Waals surface area contributed by atoms with Gasteiger partial charge in [0.15, 0.2) is 50.3 Å². The smallest absolute Gasteiger partial charge is 0.321 e. The van der Waals surface area contributed by atoms with E-state index in [0.29, 0.717) is 16.6 Å². The van der Waals surface area contributed by atoms with Gasteiger partial charge in [0.2, 0.25) is 10.0 Å². The van der Waals surface area contributed by atoms with Crippen LogP contribution in [0.1, 0.15) is 5.56 Å². The quantitative estimate of drug-likeness (QED) is 0.0441. The summed E-state index contributed by atoms with van der Waals surface area (Å²) in [5, 5.41) is 253. The van der Waals surface area contributed by atoms with Gasteiger partial charge in [-0.2, -0.15) is 13.1 Å². The fraction of sp³-hybridized carbons (Fsp3) is 0.754. The molecule has 40 atom stereocenters. The molecule has 30 aliphatic heterocycles. The van der Waals surface area contributed by atoms with E-state index in [9.17, 15) is 134 Å². The minimum atomic E-state index is -4.80. The maximum Gasteiger partial charge on any atom is 0.321 e. The highest BCUT2D eigenvalue weighted by molar-refractivity contribution is 7.89. The SMILES string of the molecule is Cc1ccc(S(=O)(=O)OC[C@H]2O[C@@H]3O[C@H]4[C@H](O)[C@@H](O)[C@@H](O[C@H]5[C@H](O)[C@@H](O)[C@@H](O[C@H]6[C@H](O)[C@@H](O)[C@@H](O[C@H]7[C@H](O)[C@@H](O)[C@@H](O[C@H]8[C@H](O)[C@@H](O)[C@@H](O[C@H]9[C@H](O)[C@@H](O)[C@@H](O[C@H]%10[C@H](O)[C@@H](O)[C@@H](O[C@H]2[C@H](O)[C@H]3O)O[C@@H]%10CO)O[C@@H]9CO)O[C@@H]8COC(=O)CNS(=O)(=O)c2cccc3c(N(C)C)cccc23)O[C@@H]7CO)O[C@@H]6CO)O[C@@H]5CO)O[C@@H]4CO)cc1. The third kappa shape index (κ3) is 19.2. The van der Waals surface area contributed by atoms with Crippen LogP contribution < -0.4 is 9.62 Å². The molecule has 23 N–H and O–H groups in total. The summed E-state index contributed by atoms with van der Waals surface area (Å²) < 4.78 is 162. The second kappa shape index (κ2) is 38.9. The largest absolute Gasteiger partial charge is 0.462 e. The number of aryl methyl sites for hydroxylation is 1. The maximum absolute atomic E-state index is 13.9. The monoisotopic (exact) mass is 1740 g/mol. The zero-order valence-electron chi connectivity index (χ0n) is 62.7. The Kier molecular flexibility index (Phi) is 30.6. The van der Waals surface area contributed by atoms with E-state index >= 15 is 0 Å². The van der Waals surface area contributed by atoms with Crippen molar-refractivity contribution >= 4 is 42.6 Å². The number of ether oxygens (including phenoxy) is 17. The molecule has 0 unspecified atom stereocenters. The number of anilines is 1. The number of carbonyl (C=O) groups excluding carboxylic acids is 1. The number of nitrogens with zero attached hydrogens (tertiary/aromatic N) is 1. The second-order valence-corrected chi connectivity index (χ2v) is 33.0. The lowest BCUT2D eigenvalue weighted by atomic mass is 9.94. The van der Waals surface area contributed by atoms with Crippen molar-refractivity contribution in [1.29, 1.82) is 0 Å². The van der Waals surface area contributed by atoms with Crippen LogP contribution in [0.5, 0.6) is 0 Å². The fourth-order valence-electron chi connectivity index (χ4n) is 15.2. The maximum atomic E-state index is 13.9. The molecule has 0 amide bonds. The molecule has 16 bridgehead atoms. The molecule has 668 valence electrons. The number of benzene rings is 3. The van der Waals surface area contributed by atoms with E-state index in [-0.39, 0.29) is 10.3 Å². The number of hydrogen-bond acceptors (Lipinski definition) is 46. The first kappa shape index (κ1) is 92.7. The number of rotatable bonds is 17. The predicted molar refractivity (Wildman–Crippen MR) is 376 cm³/mol. The van der Waals surface area contributed by atoms with Gasteiger partial charge >= 0.3 is 5.97 Å². The fourth-order valence-corrected chi connectivity index (χ4v) is 17.3. The van der Waals surface area contributed by atoms with Crippen molar-refractivity contribution in [1.82, 2.24) is 4.72 Å². The van der Waals surface area contributed by atoms with Gasteiger partial charge in [-0.25, -0.2) is 8.42 Å². The number of nitrogens with one attached hydrogen (secondary N) is 1. The first-order valence-electron chi connectivity index (χ1n) is 37.3. The molecule has 49 heteroatoms. The van der Waals surface area contributed by atoms with E-state index in [4.69, 9.17) is 84.7 Å². The molecular weight excluding hydrogens is 1640 g/mol. The van der Waals surface area contributed by atoms with Gasteiger partial charge < -0.3 is 198 Å². The van der Waals surface area contributed by atoms with Crippen LogP contribution in [-0.2, 0) is 110 Å². The molecule has 47 nitrogen and oxygen atoms in total. The van der Waals surface area contributed by atoms with Crippen LogP contribution in [0.25, 0.3) is 10.8 Å². The minimum absolute atomic E-state index is 0.255. The lowest BCUT2D eigenvalue weighted by Crippen LogP contribution is -2.69. The van der Waals surface area contributed by atoms with Gasteiger partial charge in [-0.3, -0.25) is 8.98 Å². The van der Waals surface area contributed by atoms with E-state index in [2.05, 4.69) is 4.72 Å². The van der Waals surface area contributed by atoms with Crippen molar-refractivity contribution in [2.24, 2.45) is 0 Å². The van der Waals surface area contributed by atoms with E-state index in [1.165, 1.54) is 30.3 Å². The van der Waals surface area contributed by atoms with Crippen LogP contribution in [0.2, 0.25) is 0 Å². The zero-order chi connectivity index (χ0) is 85.6. The molecule has 0 saturated carbocycles. The van der Waals surface area contributed by atoms with E-state index in [0.717, 1.165) is 12.1 Å². The Balaban J connectivity index is 0.834. The topological polar surface area (TPSA) is 712 Å². The van der Waals surface area contributed by atoms with Gasteiger partial charge in [-0.15, -0.1) is 0 Å². The molecule has 3 aromatic rings. The Bertz CT molecular complexity index is 3990. The van der Waals surface area contributed by atoms with Crippen molar-refractivity contribution < 1.29 is 219 Å². The van der Waals surface area contributed by atoms with Crippen LogP contribution in [0.4, 0.5) is 5.69 Å². The predicted octanol–water partition coefficient (Wildman–Crippen LogP) is -13.9. The molecule has 30 saturated heterocycles. The summed E-state index contributed by atoms with van der Waals surface area (Å²) in [7, 11) is -5.90. The zero-order valence-corrected chi connectivity index (χ0v) is 64.4. The number of aliphatic hydroxyl groups is 22. The lowest BCUT2D eigenvalue weighted by molar-refractivity contribution is -0.404. The number of carbonyl (C=O) groups is 1. The summed E-state index contributed by atoms with van der Waals surface area (Å²) >= 11 is 0. The van der Waals surface area contributed by atoms with Crippen LogP contribution in [0.3, 0.4) is 0 Å². The molecule has 0 aromatic heterocycles. The van der Waals surface area contributed by atoms with Crippen molar-refractivity contribution in [3.05, 3.63) is 66.2 Å². The summed E-state index contributed by atoms with van der Waals surface area (Å²) in [6.07, 6.45) is -88.4. The standard InChI is InChI=1S/C69H100N2O45S2/c1-23-10-12-24(13-11-23)118(97,98)100-22-35-61-45(86)53(94)69(108-35)114-59-33(20-77)104-65(49(90)41(59)82)110-55-29(16-73)101-62(46(87)38(55)79)109-54-28(15-72)102-63(47(88)39(54)80)111-56-30(17-74)105-66(50(91)42(56)83)115-60-34(21-99-37(78)14-70-117(95,96)36-9-5-6-25-26(36)7-4-8-27(25)71(2)3)107-68(52(93)44(60)85)113-58-32(19-76)103-64(48(89)40(58)81)112-57-31(18-75)106-67(116-61)51(92)43(57)84/h4-13,28-35,38-70,72-77,79-94H,14-22H2,1-3H3/t28-,29-,30-,31-,32-,33-,34-,35-,38-,39-,40-,41-,42-,43-,44-,45-,46-,47-,48-,49-,50-,51-,52-,53-,54-,55-,56-,57-,58-,59-,60-,61-,62-,63-,64-,65-,66-,67-,68-,69-/m1/s1. The Morgan fingerprint density at radius 2 is 0.610 bits per heavy atom. The van der Waals surface area contributed by atoms with Gasteiger partial charge in [-0.05, 0) is 31.2 Å². The first-order chi connectivity index (χ1) is 56.0.